The van der Waals surface area contributed by atoms with Gasteiger partial charge in [-0.15, -0.1) is 0 Å². The minimum atomic E-state index is -0.178. The molecule has 2 amide bonds. The van der Waals surface area contributed by atoms with Crippen LogP contribution in [-0.4, -0.2) is 35.3 Å². The molecule has 7 nitrogen and oxygen atoms in total. The van der Waals surface area contributed by atoms with E-state index in [2.05, 4.69) is 15.6 Å². The van der Waals surface area contributed by atoms with Gasteiger partial charge in [0.1, 0.15) is 13.2 Å². The van der Waals surface area contributed by atoms with Crippen LogP contribution in [0.5, 0.6) is 11.5 Å². The number of carbonyl (C=O) groups is 1. The van der Waals surface area contributed by atoms with Crippen LogP contribution in [0.2, 0.25) is 0 Å². The summed E-state index contributed by atoms with van der Waals surface area (Å²) in [4.78, 5) is 16.0. The molecule has 1 aliphatic heterocycles. The molecule has 0 radical (unpaired) electrons. The number of nitrogens with zero attached hydrogens (tertiary/aromatic N) is 2. The molecule has 3 rings (SSSR count). The molecule has 0 saturated carbocycles. The Bertz CT molecular complexity index is 672. The van der Waals surface area contributed by atoms with Crippen molar-refractivity contribution in [2.45, 2.75) is 25.9 Å². The van der Waals surface area contributed by atoms with Crippen molar-refractivity contribution in [3.05, 3.63) is 42.5 Å². The summed E-state index contributed by atoms with van der Waals surface area (Å²) in [5, 5.41) is 5.80. The maximum absolute atomic E-state index is 12.0. The summed E-state index contributed by atoms with van der Waals surface area (Å²) in [6, 6.07) is 5.44. The maximum Gasteiger partial charge on any atom is 0.315 e. The van der Waals surface area contributed by atoms with Gasteiger partial charge in [-0.2, -0.15) is 0 Å². The van der Waals surface area contributed by atoms with Crippen molar-refractivity contribution in [1.82, 2.24) is 20.2 Å². The molecule has 0 spiro atoms. The summed E-state index contributed by atoms with van der Waals surface area (Å²) in [5.74, 6) is 1.48. The number of amides is 2. The molecule has 0 aliphatic carbocycles. The lowest BCUT2D eigenvalue weighted by atomic mass is 10.1. The van der Waals surface area contributed by atoms with Gasteiger partial charge >= 0.3 is 6.03 Å². The van der Waals surface area contributed by atoms with Crippen LogP contribution < -0.4 is 20.1 Å². The lowest BCUT2D eigenvalue weighted by molar-refractivity contribution is 0.171. The number of ether oxygens (including phenoxy) is 2. The fraction of sp³-hybridized carbons (Fsp3) is 0.412. The molecule has 1 aromatic heterocycles. The molecular formula is C17H22N4O3. The highest BCUT2D eigenvalue weighted by atomic mass is 16.6. The second kappa shape index (κ2) is 7.72. The highest BCUT2D eigenvalue weighted by Crippen LogP contribution is 2.32. The number of nitrogens with one attached hydrogen (secondary N) is 2. The molecule has 0 saturated heterocycles. The molecule has 7 heteroatoms. The average Bonchev–Trinajstić information content (AvgIpc) is 3.11. The van der Waals surface area contributed by atoms with E-state index in [1.165, 1.54) is 0 Å². The molecule has 2 aromatic rings. The third-order valence-electron chi connectivity index (χ3n) is 3.85. The minimum absolute atomic E-state index is 0.116. The van der Waals surface area contributed by atoms with Gasteiger partial charge in [0.25, 0.3) is 0 Å². The highest BCUT2D eigenvalue weighted by molar-refractivity contribution is 5.74. The Labute approximate surface area is 141 Å². The lowest BCUT2D eigenvalue weighted by Gasteiger charge is -2.21. The SMILES string of the molecule is C[C@@H](NC(=O)NCCCn1ccnc1)c1ccc2c(c1)OCCO2. The Morgan fingerprint density at radius 1 is 1.33 bits per heavy atom. The van der Waals surface area contributed by atoms with Crippen LogP contribution >= 0.6 is 0 Å². The van der Waals surface area contributed by atoms with Crippen LogP contribution in [0.25, 0.3) is 0 Å². The first-order chi connectivity index (χ1) is 11.7. The fourth-order valence-corrected chi connectivity index (χ4v) is 2.54. The van der Waals surface area contributed by atoms with Crippen LogP contribution in [0.1, 0.15) is 24.9 Å². The van der Waals surface area contributed by atoms with E-state index >= 15 is 0 Å². The number of urea groups is 1. The predicted octanol–water partition coefficient (Wildman–Crippen LogP) is 2.10. The molecule has 0 fully saturated rings. The molecule has 128 valence electrons. The quantitative estimate of drug-likeness (QED) is 0.795. The Kier molecular flexibility index (Phi) is 5.20. The summed E-state index contributed by atoms with van der Waals surface area (Å²) in [5.41, 5.74) is 0.979. The summed E-state index contributed by atoms with van der Waals surface area (Å²) in [6.07, 6.45) is 6.27. The normalized spacial score (nSPS) is 14.0. The number of aromatic nitrogens is 2. The van der Waals surface area contributed by atoms with Crippen molar-refractivity contribution in [3.8, 4) is 11.5 Å². The average molecular weight is 330 g/mol. The number of hydrogen-bond acceptors (Lipinski definition) is 4. The first kappa shape index (κ1) is 16.2. The number of aryl methyl sites for hydroxylation is 1. The predicted molar refractivity (Wildman–Crippen MR) is 89.2 cm³/mol. The monoisotopic (exact) mass is 330 g/mol. The molecule has 0 bridgehead atoms. The van der Waals surface area contributed by atoms with Gasteiger partial charge in [-0.1, -0.05) is 6.07 Å². The molecular weight excluding hydrogens is 308 g/mol. The van der Waals surface area contributed by atoms with Crippen molar-refractivity contribution in [2.75, 3.05) is 19.8 Å². The molecule has 24 heavy (non-hydrogen) atoms. The highest BCUT2D eigenvalue weighted by Gasteiger charge is 2.15. The van der Waals surface area contributed by atoms with Crippen molar-refractivity contribution >= 4 is 6.03 Å². The summed E-state index contributed by atoms with van der Waals surface area (Å²) in [6.45, 7) is 4.50. The Morgan fingerprint density at radius 3 is 2.96 bits per heavy atom. The van der Waals surface area contributed by atoms with Gasteiger partial charge in [0.15, 0.2) is 11.5 Å². The largest absolute Gasteiger partial charge is 0.486 e. The van der Waals surface area contributed by atoms with E-state index in [9.17, 15) is 4.79 Å². The van der Waals surface area contributed by atoms with E-state index < -0.39 is 0 Å². The maximum atomic E-state index is 12.0. The third kappa shape index (κ3) is 4.18. The van der Waals surface area contributed by atoms with E-state index in [1.807, 2.05) is 35.9 Å². The minimum Gasteiger partial charge on any atom is -0.486 e. The van der Waals surface area contributed by atoms with Gasteiger partial charge in [-0.25, -0.2) is 9.78 Å². The van der Waals surface area contributed by atoms with Gasteiger partial charge in [-0.3, -0.25) is 0 Å². The van der Waals surface area contributed by atoms with Crippen molar-refractivity contribution in [3.63, 3.8) is 0 Å². The zero-order valence-corrected chi connectivity index (χ0v) is 13.7. The number of rotatable bonds is 6. The molecule has 2 N–H and O–H groups in total. The number of fused-ring (bicyclic) bond motifs is 1. The smallest absolute Gasteiger partial charge is 0.315 e. The van der Waals surface area contributed by atoms with E-state index in [1.54, 1.807) is 12.5 Å². The lowest BCUT2D eigenvalue weighted by Crippen LogP contribution is -2.37. The second-order valence-electron chi connectivity index (χ2n) is 5.68. The molecule has 1 aliphatic rings. The Balaban J connectivity index is 1.43. The molecule has 1 aromatic carbocycles. The van der Waals surface area contributed by atoms with Crippen LogP contribution in [0.4, 0.5) is 4.79 Å². The van der Waals surface area contributed by atoms with Crippen molar-refractivity contribution in [2.24, 2.45) is 0 Å². The van der Waals surface area contributed by atoms with E-state index in [0.717, 1.165) is 30.0 Å². The van der Waals surface area contributed by atoms with Crippen molar-refractivity contribution in [1.29, 1.82) is 0 Å². The van der Waals surface area contributed by atoms with Gasteiger partial charge in [0.05, 0.1) is 12.4 Å². The topological polar surface area (TPSA) is 77.4 Å². The van der Waals surface area contributed by atoms with Crippen LogP contribution in [0.15, 0.2) is 36.9 Å². The first-order valence-corrected chi connectivity index (χ1v) is 8.12. The van der Waals surface area contributed by atoms with E-state index in [-0.39, 0.29) is 12.1 Å². The van der Waals surface area contributed by atoms with Gasteiger partial charge in [0.2, 0.25) is 0 Å². The number of benzene rings is 1. The third-order valence-corrected chi connectivity index (χ3v) is 3.85. The fourth-order valence-electron chi connectivity index (χ4n) is 2.54. The Morgan fingerprint density at radius 2 is 2.17 bits per heavy atom. The number of imidazole rings is 1. The summed E-state index contributed by atoms with van der Waals surface area (Å²) < 4.78 is 13.1. The van der Waals surface area contributed by atoms with Crippen LogP contribution in [-0.2, 0) is 6.54 Å². The van der Waals surface area contributed by atoms with E-state index in [0.29, 0.717) is 19.8 Å². The number of carbonyl (C=O) groups excluding carboxylic acids is 1. The van der Waals surface area contributed by atoms with E-state index in [4.69, 9.17) is 9.47 Å². The van der Waals surface area contributed by atoms with Gasteiger partial charge < -0.3 is 24.7 Å². The molecule has 2 heterocycles. The van der Waals surface area contributed by atoms with Crippen LogP contribution in [0.3, 0.4) is 0 Å². The van der Waals surface area contributed by atoms with Crippen molar-refractivity contribution < 1.29 is 14.3 Å². The summed E-state index contributed by atoms with van der Waals surface area (Å²) in [7, 11) is 0. The Hall–Kier alpha value is -2.70. The summed E-state index contributed by atoms with van der Waals surface area (Å²) >= 11 is 0. The van der Waals surface area contributed by atoms with Crippen LogP contribution in [0, 0.1) is 0 Å². The number of hydrogen-bond donors (Lipinski definition) is 2. The standard InChI is InChI=1S/C17H22N4O3/c1-13(14-3-4-15-16(11-14)24-10-9-23-15)20-17(22)19-5-2-7-21-8-6-18-12-21/h3-4,6,8,11-13H,2,5,7,9-10H2,1H3,(H2,19,20,22)/t13-/m1/s1. The zero-order chi connectivity index (χ0) is 16.8. The van der Waals surface area contributed by atoms with Gasteiger partial charge in [0, 0.05) is 25.5 Å². The molecule has 1 atom stereocenters. The zero-order valence-electron chi connectivity index (χ0n) is 13.7. The van der Waals surface area contributed by atoms with Gasteiger partial charge in [-0.05, 0) is 31.0 Å². The second-order valence-corrected chi connectivity index (χ2v) is 5.68. The first-order valence-electron chi connectivity index (χ1n) is 8.12. The molecule has 0 unspecified atom stereocenters.